The fraction of sp³-hybridized carbons (Fsp3) is 0.353. The summed E-state index contributed by atoms with van der Waals surface area (Å²) < 4.78 is 5.42. The zero-order chi connectivity index (χ0) is 15.0. The van der Waals surface area contributed by atoms with E-state index in [2.05, 4.69) is 18.3 Å². The van der Waals surface area contributed by atoms with Gasteiger partial charge >= 0.3 is 5.97 Å². The number of rotatable bonds is 3. The standard InChI is InChI=1S/C17H19NO3/c1-3-10-7-12-14(8-15(10)21-2)18-9-13(17(19)20)16(12)11-5-4-6-11/h7-9,18H,3-6H2,1-2H3,(H,19,20). The number of nitrogens with one attached hydrogen (secondary N) is 1. The summed E-state index contributed by atoms with van der Waals surface area (Å²) in [5.74, 6) is -0.0368. The molecular weight excluding hydrogens is 266 g/mol. The SMILES string of the molecule is CCc1cc2c(cc1OC)NC=C(C(=O)O)C2=C1CCC1. The number of allylic oxidation sites excluding steroid dienone is 1. The van der Waals surface area contributed by atoms with Crippen LogP contribution < -0.4 is 10.1 Å². The van der Waals surface area contributed by atoms with Gasteiger partial charge in [0.1, 0.15) is 5.75 Å². The molecular formula is C17H19NO3. The van der Waals surface area contributed by atoms with Gasteiger partial charge in [0.15, 0.2) is 0 Å². The maximum absolute atomic E-state index is 11.5. The highest BCUT2D eigenvalue weighted by Gasteiger charge is 2.28. The number of aliphatic carboxylic acids is 1. The van der Waals surface area contributed by atoms with E-state index in [0.29, 0.717) is 5.57 Å². The number of hydrogen-bond donors (Lipinski definition) is 2. The highest BCUT2D eigenvalue weighted by molar-refractivity contribution is 6.10. The molecule has 0 bridgehead atoms. The molecule has 0 amide bonds. The molecule has 1 aliphatic carbocycles. The molecule has 0 spiro atoms. The summed E-state index contributed by atoms with van der Waals surface area (Å²) >= 11 is 0. The van der Waals surface area contributed by atoms with E-state index in [1.54, 1.807) is 13.3 Å². The molecule has 1 aromatic carbocycles. The number of hydrogen-bond acceptors (Lipinski definition) is 3. The zero-order valence-electron chi connectivity index (χ0n) is 12.3. The van der Waals surface area contributed by atoms with Crippen LogP contribution in [-0.4, -0.2) is 18.2 Å². The van der Waals surface area contributed by atoms with Crippen LogP contribution in [0.5, 0.6) is 5.75 Å². The molecule has 0 radical (unpaired) electrons. The van der Waals surface area contributed by atoms with Gasteiger partial charge in [-0.05, 0) is 42.9 Å². The molecule has 0 unspecified atom stereocenters. The van der Waals surface area contributed by atoms with E-state index in [0.717, 1.165) is 53.8 Å². The van der Waals surface area contributed by atoms with Gasteiger partial charge in [0, 0.05) is 23.5 Å². The van der Waals surface area contributed by atoms with Crippen molar-refractivity contribution in [3.8, 4) is 5.75 Å². The Kier molecular flexibility index (Phi) is 3.45. The molecule has 1 fully saturated rings. The maximum atomic E-state index is 11.5. The van der Waals surface area contributed by atoms with Crippen LogP contribution in [0.1, 0.15) is 37.3 Å². The zero-order valence-corrected chi connectivity index (χ0v) is 12.3. The number of methoxy groups -OCH3 is 1. The average Bonchev–Trinajstić information content (AvgIpc) is 2.43. The molecule has 3 rings (SSSR count). The molecule has 1 saturated carbocycles. The topological polar surface area (TPSA) is 58.6 Å². The van der Waals surface area contributed by atoms with Crippen LogP contribution in [-0.2, 0) is 11.2 Å². The Hall–Kier alpha value is -2.23. The first-order valence-electron chi connectivity index (χ1n) is 7.29. The van der Waals surface area contributed by atoms with Crippen molar-refractivity contribution in [1.82, 2.24) is 0 Å². The molecule has 1 heterocycles. The Morgan fingerprint density at radius 2 is 2.14 bits per heavy atom. The lowest BCUT2D eigenvalue weighted by Crippen LogP contribution is -2.16. The predicted molar refractivity (Wildman–Crippen MR) is 82.5 cm³/mol. The predicted octanol–water partition coefficient (Wildman–Crippen LogP) is 3.59. The van der Waals surface area contributed by atoms with Gasteiger partial charge in [0.25, 0.3) is 0 Å². The molecule has 4 heteroatoms. The van der Waals surface area contributed by atoms with Gasteiger partial charge < -0.3 is 15.2 Å². The quantitative estimate of drug-likeness (QED) is 0.891. The maximum Gasteiger partial charge on any atom is 0.337 e. The first-order chi connectivity index (χ1) is 10.2. The normalized spacial score (nSPS) is 16.6. The Morgan fingerprint density at radius 1 is 1.38 bits per heavy atom. The van der Waals surface area contributed by atoms with Crippen LogP contribution in [0.15, 0.2) is 29.5 Å². The summed E-state index contributed by atoms with van der Waals surface area (Å²) in [6, 6.07) is 4.03. The Labute approximate surface area is 124 Å². The van der Waals surface area contributed by atoms with E-state index in [1.165, 1.54) is 5.57 Å². The van der Waals surface area contributed by atoms with Crippen molar-refractivity contribution in [2.75, 3.05) is 12.4 Å². The summed E-state index contributed by atoms with van der Waals surface area (Å²) in [7, 11) is 1.66. The van der Waals surface area contributed by atoms with Crippen molar-refractivity contribution in [3.63, 3.8) is 0 Å². The molecule has 0 atom stereocenters. The van der Waals surface area contributed by atoms with E-state index in [4.69, 9.17) is 4.74 Å². The molecule has 2 N–H and O–H groups in total. The van der Waals surface area contributed by atoms with E-state index in [1.807, 2.05) is 6.07 Å². The minimum Gasteiger partial charge on any atom is -0.496 e. The minimum atomic E-state index is -0.878. The van der Waals surface area contributed by atoms with Crippen LogP contribution in [0, 0.1) is 0 Å². The van der Waals surface area contributed by atoms with Gasteiger partial charge in [-0.15, -0.1) is 0 Å². The van der Waals surface area contributed by atoms with Crippen LogP contribution in [0.3, 0.4) is 0 Å². The summed E-state index contributed by atoms with van der Waals surface area (Å²) in [6.07, 6.45) is 5.58. The van der Waals surface area contributed by atoms with Crippen LogP contribution >= 0.6 is 0 Å². The summed E-state index contributed by atoms with van der Waals surface area (Å²) in [6.45, 7) is 2.07. The second-order valence-electron chi connectivity index (χ2n) is 5.40. The smallest absolute Gasteiger partial charge is 0.337 e. The Bertz CT molecular complexity index is 665. The monoisotopic (exact) mass is 285 g/mol. The Balaban J connectivity index is 2.19. The minimum absolute atomic E-state index is 0.365. The van der Waals surface area contributed by atoms with Gasteiger partial charge in [-0.3, -0.25) is 0 Å². The number of carbonyl (C=O) groups is 1. The van der Waals surface area contributed by atoms with E-state index < -0.39 is 5.97 Å². The van der Waals surface area contributed by atoms with E-state index in [-0.39, 0.29) is 0 Å². The summed E-state index contributed by atoms with van der Waals surface area (Å²) in [4.78, 5) is 11.5. The first-order valence-corrected chi connectivity index (χ1v) is 7.29. The van der Waals surface area contributed by atoms with Crippen molar-refractivity contribution >= 4 is 17.2 Å². The number of carboxylic acid groups (broad SMARTS) is 1. The number of anilines is 1. The Morgan fingerprint density at radius 3 is 2.67 bits per heavy atom. The van der Waals surface area contributed by atoms with Crippen LogP contribution in [0.2, 0.25) is 0 Å². The van der Waals surface area contributed by atoms with Crippen molar-refractivity contribution in [1.29, 1.82) is 0 Å². The van der Waals surface area contributed by atoms with Crippen molar-refractivity contribution in [2.45, 2.75) is 32.6 Å². The van der Waals surface area contributed by atoms with Gasteiger partial charge in [-0.25, -0.2) is 4.79 Å². The molecule has 4 nitrogen and oxygen atoms in total. The lowest BCUT2D eigenvalue weighted by molar-refractivity contribution is -0.132. The number of aryl methyl sites for hydroxylation is 1. The molecule has 1 aliphatic heterocycles. The lowest BCUT2D eigenvalue weighted by Gasteiger charge is -2.28. The summed E-state index contributed by atoms with van der Waals surface area (Å²) in [5, 5.41) is 12.6. The van der Waals surface area contributed by atoms with Crippen molar-refractivity contribution in [2.24, 2.45) is 0 Å². The molecule has 2 aliphatic rings. The van der Waals surface area contributed by atoms with E-state index >= 15 is 0 Å². The number of fused-ring (bicyclic) bond motifs is 1. The van der Waals surface area contributed by atoms with E-state index in [9.17, 15) is 9.90 Å². The van der Waals surface area contributed by atoms with Gasteiger partial charge in [0.05, 0.1) is 12.7 Å². The molecule has 0 saturated heterocycles. The van der Waals surface area contributed by atoms with Crippen LogP contribution in [0.25, 0.3) is 5.57 Å². The van der Waals surface area contributed by atoms with Gasteiger partial charge in [-0.2, -0.15) is 0 Å². The number of carboxylic acids is 1. The van der Waals surface area contributed by atoms with Crippen LogP contribution in [0.4, 0.5) is 5.69 Å². The largest absolute Gasteiger partial charge is 0.496 e. The highest BCUT2D eigenvalue weighted by atomic mass is 16.5. The third-order valence-corrected chi connectivity index (χ3v) is 4.25. The second-order valence-corrected chi connectivity index (χ2v) is 5.40. The fourth-order valence-electron chi connectivity index (χ4n) is 2.94. The van der Waals surface area contributed by atoms with Crippen molar-refractivity contribution < 1.29 is 14.6 Å². The van der Waals surface area contributed by atoms with Crippen molar-refractivity contribution in [3.05, 3.63) is 40.6 Å². The average molecular weight is 285 g/mol. The number of ether oxygens (including phenoxy) is 1. The number of benzene rings is 1. The molecule has 1 aromatic rings. The highest BCUT2D eigenvalue weighted by Crippen LogP contribution is 2.44. The van der Waals surface area contributed by atoms with Gasteiger partial charge in [-0.1, -0.05) is 12.5 Å². The van der Waals surface area contributed by atoms with Gasteiger partial charge in [0.2, 0.25) is 0 Å². The fourth-order valence-corrected chi connectivity index (χ4v) is 2.94. The third-order valence-electron chi connectivity index (χ3n) is 4.25. The third kappa shape index (κ3) is 2.20. The molecule has 0 aromatic heterocycles. The molecule has 110 valence electrons. The first kappa shape index (κ1) is 13.7. The summed E-state index contributed by atoms with van der Waals surface area (Å²) in [5.41, 5.74) is 5.52. The molecule has 21 heavy (non-hydrogen) atoms. The lowest BCUT2D eigenvalue weighted by atomic mass is 9.80. The second kappa shape index (κ2) is 5.28.